The Labute approximate surface area is 169 Å². The van der Waals surface area contributed by atoms with E-state index in [2.05, 4.69) is 4.98 Å². The lowest BCUT2D eigenvalue weighted by Crippen LogP contribution is -2.06. The number of fused-ring (bicyclic) bond motifs is 1. The van der Waals surface area contributed by atoms with E-state index in [9.17, 15) is 19.4 Å². The first-order valence-electron chi connectivity index (χ1n) is 8.83. The highest BCUT2D eigenvalue weighted by molar-refractivity contribution is 8.45. The Hall–Kier alpha value is -3.13. The van der Waals surface area contributed by atoms with E-state index in [1.54, 1.807) is 60.7 Å². The fourth-order valence-corrected chi connectivity index (χ4v) is 3.88. The summed E-state index contributed by atoms with van der Waals surface area (Å²) in [7, 11) is -8.29. The van der Waals surface area contributed by atoms with Crippen LogP contribution in [0.15, 0.2) is 83.8 Å². The molecule has 0 amide bonds. The molecule has 4 rings (SSSR count). The molecule has 0 radical (unpaired) electrons. The SMILES string of the molecule is COc1ccc(-c2cc(-c3ccccc3)c3cc(S(F)(F)(F)(F)F)ccc3n2)cc1. The number of methoxy groups -OCH3 is 1. The van der Waals surface area contributed by atoms with E-state index in [1.165, 1.54) is 7.11 Å². The van der Waals surface area contributed by atoms with Gasteiger partial charge in [-0.15, -0.1) is 0 Å². The normalized spacial score (nSPS) is 14.2. The van der Waals surface area contributed by atoms with Gasteiger partial charge in [0, 0.05) is 10.9 Å². The van der Waals surface area contributed by atoms with Crippen molar-refractivity contribution in [3.05, 3.63) is 78.9 Å². The van der Waals surface area contributed by atoms with E-state index < -0.39 is 15.1 Å². The van der Waals surface area contributed by atoms with Gasteiger partial charge in [0.05, 0.1) is 18.3 Å². The van der Waals surface area contributed by atoms with E-state index in [4.69, 9.17) is 4.74 Å². The predicted molar refractivity (Wildman–Crippen MR) is 111 cm³/mol. The lowest BCUT2D eigenvalue weighted by molar-refractivity contribution is 0.364. The van der Waals surface area contributed by atoms with Crippen LogP contribution in [0.2, 0.25) is 0 Å². The number of halogens is 5. The summed E-state index contributed by atoms with van der Waals surface area (Å²) in [5, 5.41) is 0.00390. The van der Waals surface area contributed by atoms with Gasteiger partial charge in [0.2, 0.25) is 0 Å². The molecule has 0 saturated heterocycles. The molecule has 4 aromatic rings. The molecule has 1 aromatic heterocycles. The van der Waals surface area contributed by atoms with Crippen LogP contribution in [-0.4, -0.2) is 12.1 Å². The summed E-state index contributed by atoms with van der Waals surface area (Å²) in [6.07, 6.45) is 0. The molecule has 30 heavy (non-hydrogen) atoms. The van der Waals surface area contributed by atoms with Crippen molar-refractivity contribution in [1.29, 1.82) is 0 Å². The standard InChI is InChI=1S/C22H16F5NOS/c1-29-17-9-7-16(8-10-17)22-14-19(15-5-3-2-4-6-15)20-13-18(11-12-21(20)28-22)30(23,24,25,26)27/h2-14H,1H3. The summed E-state index contributed by atoms with van der Waals surface area (Å²) >= 11 is 0. The van der Waals surface area contributed by atoms with E-state index in [-0.39, 0.29) is 10.9 Å². The molecule has 156 valence electrons. The van der Waals surface area contributed by atoms with Gasteiger partial charge in [0.15, 0.2) is 0 Å². The quantitative estimate of drug-likeness (QED) is 0.300. The zero-order valence-electron chi connectivity index (χ0n) is 15.7. The first-order chi connectivity index (χ1) is 13.9. The molecule has 0 bridgehead atoms. The fourth-order valence-electron chi connectivity index (χ4n) is 3.21. The van der Waals surface area contributed by atoms with Crippen LogP contribution >= 0.6 is 10.2 Å². The summed E-state index contributed by atoms with van der Waals surface area (Å²) in [6.45, 7) is 0. The van der Waals surface area contributed by atoms with Crippen molar-refractivity contribution in [2.75, 3.05) is 7.11 Å². The number of pyridine rings is 1. The fraction of sp³-hybridized carbons (Fsp3) is 0.0455. The third-order valence-corrected chi connectivity index (χ3v) is 5.84. The molecule has 0 aliphatic heterocycles. The Balaban J connectivity index is 2.00. The van der Waals surface area contributed by atoms with Crippen molar-refractivity contribution >= 4 is 21.1 Å². The zero-order chi connectivity index (χ0) is 21.6. The molecule has 0 N–H and O–H groups in total. The molecule has 0 fully saturated rings. The molecular formula is C22H16F5NOS. The third kappa shape index (κ3) is 3.95. The minimum absolute atomic E-state index is 0.00390. The third-order valence-electron chi connectivity index (χ3n) is 4.70. The highest BCUT2D eigenvalue weighted by Crippen LogP contribution is 3.02. The van der Waals surface area contributed by atoms with Crippen LogP contribution in [0.4, 0.5) is 19.4 Å². The summed E-state index contributed by atoms with van der Waals surface area (Å²) < 4.78 is 72.1. The van der Waals surface area contributed by atoms with Gasteiger partial charge in [-0.3, -0.25) is 0 Å². The maximum atomic E-state index is 13.4. The van der Waals surface area contributed by atoms with Crippen molar-refractivity contribution in [3.63, 3.8) is 0 Å². The maximum absolute atomic E-state index is 13.4. The molecule has 8 heteroatoms. The maximum Gasteiger partial charge on any atom is 0.310 e. The van der Waals surface area contributed by atoms with Crippen LogP contribution in [0.1, 0.15) is 0 Å². The Morgan fingerprint density at radius 1 is 0.733 bits per heavy atom. The number of ether oxygens (including phenoxy) is 1. The lowest BCUT2D eigenvalue weighted by Gasteiger charge is -2.40. The number of aromatic nitrogens is 1. The van der Waals surface area contributed by atoms with Gasteiger partial charge in [0.1, 0.15) is 10.6 Å². The number of hydrogen-bond donors (Lipinski definition) is 0. The Kier molecular flexibility index (Phi) is 4.15. The average Bonchev–Trinajstić information content (AvgIpc) is 2.71. The van der Waals surface area contributed by atoms with Gasteiger partial charge in [0.25, 0.3) is 0 Å². The minimum Gasteiger partial charge on any atom is -0.497 e. The van der Waals surface area contributed by atoms with E-state index >= 15 is 0 Å². The van der Waals surface area contributed by atoms with E-state index in [0.29, 0.717) is 40.3 Å². The van der Waals surface area contributed by atoms with Crippen LogP contribution < -0.4 is 4.74 Å². The first kappa shape index (κ1) is 20.2. The van der Waals surface area contributed by atoms with Crippen molar-refractivity contribution in [1.82, 2.24) is 4.98 Å². The Bertz CT molecular complexity index is 1240. The van der Waals surface area contributed by atoms with Crippen LogP contribution in [0.25, 0.3) is 33.3 Å². The second-order valence-corrected chi connectivity index (χ2v) is 9.21. The highest BCUT2D eigenvalue weighted by Gasteiger charge is 2.65. The van der Waals surface area contributed by atoms with Gasteiger partial charge in [-0.25, -0.2) is 4.98 Å². The molecular weight excluding hydrogens is 421 g/mol. The second kappa shape index (κ2) is 6.18. The average molecular weight is 437 g/mol. The summed E-state index contributed by atoms with van der Waals surface area (Å²) in [5.74, 6) is 0.642. The minimum atomic E-state index is -9.82. The lowest BCUT2D eigenvalue weighted by atomic mass is 9.98. The van der Waals surface area contributed by atoms with Gasteiger partial charge >= 0.3 is 10.2 Å². The molecule has 0 aliphatic carbocycles. The van der Waals surface area contributed by atoms with Gasteiger partial charge < -0.3 is 4.74 Å². The van der Waals surface area contributed by atoms with Crippen molar-refractivity contribution in [2.24, 2.45) is 0 Å². The first-order valence-corrected chi connectivity index (χ1v) is 10.8. The van der Waals surface area contributed by atoms with E-state index in [0.717, 1.165) is 6.07 Å². The predicted octanol–water partition coefficient (Wildman–Crippen LogP) is 8.23. The number of benzene rings is 3. The summed E-state index contributed by atoms with van der Waals surface area (Å²) in [5.41, 5.74) is 2.39. The summed E-state index contributed by atoms with van der Waals surface area (Å²) in [4.78, 5) is 2.48. The highest BCUT2D eigenvalue weighted by atomic mass is 32.5. The van der Waals surface area contributed by atoms with Crippen LogP contribution in [-0.2, 0) is 0 Å². The molecule has 0 spiro atoms. The monoisotopic (exact) mass is 437 g/mol. The van der Waals surface area contributed by atoms with Crippen LogP contribution in [0, 0.1) is 0 Å². The van der Waals surface area contributed by atoms with E-state index in [1.807, 2.05) is 0 Å². The van der Waals surface area contributed by atoms with Gasteiger partial charge in [-0.1, -0.05) is 49.8 Å². The van der Waals surface area contributed by atoms with Crippen LogP contribution in [0.5, 0.6) is 5.75 Å². The molecule has 0 aliphatic rings. The number of rotatable bonds is 4. The Morgan fingerprint density at radius 3 is 2.00 bits per heavy atom. The van der Waals surface area contributed by atoms with Crippen LogP contribution in [0.3, 0.4) is 0 Å². The largest absolute Gasteiger partial charge is 0.497 e. The smallest absolute Gasteiger partial charge is 0.310 e. The van der Waals surface area contributed by atoms with Crippen molar-refractivity contribution < 1.29 is 24.2 Å². The molecule has 3 aromatic carbocycles. The van der Waals surface area contributed by atoms with Gasteiger partial charge in [-0.05, 0) is 59.7 Å². The molecule has 0 atom stereocenters. The number of nitrogens with zero attached hydrogens (tertiary/aromatic N) is 1. The summed E-state index contributed by atoms with van der Waals surface area (Å²) in [6, 6.07) is 19.1. The Morgan fingerprint density at radius 2 is 1.40 bits per heavy atom. The number of hydrogen-bond acceptors (Lipinski definition) is 2. The molecule has 0 saturated carbocycles. The van der Waals surface area contributed by atoms with Crippen molar-refractivity contribution in [3.8, 4) is 28.1 Å². The topological polar surface area (TPSA) is 22.1 Å². The molecule has 1 heterocycles. The molecule has 0 unspecified atom stereocenters. The molecule has 2 nitrogen and oxygen atoms in total. The van der Waals surface area contributed by atoms with Gasteiger partial charge in [-0.2, -0.15) is 0 Å². The second-order valence-electron chi connectivity index (χ2n) is 6.80. The van der Waals surface area contributed by atoms with Crippen molar-refractivity contribution in [2.45, 2.75) is 4.90 Å². The zero-order valence-corrected chi connectivity index (χ0v) is 16.5.